The summed E-state index contributed by atoms with van der Waals surface area (Å²) in [5, 5.41) is 0. The molecule has 0 aliphatic carbocycles. The van der Waals surface area contributed by atoms with E-state index in [0.717, 1.165) is 6.07 Å². The summed E-state index contributed by atoms with van der Waals surface area (Å²) >= 11 is 0. The van der Waals surface area contributed by atoms with Crippen molar-refractivity contribution in [2.45, 2.75) is 6.42 Å². The number of benzene rings is 1. The molecule has 0 aliphatic heterocycles. The Kier molecular flexibility index (Phi) is 3.06. The Bertz CT molecular complexity index is 334. The second-order valence-corrected chi connectivity index (χ2v) is 2.50. The Morgan fingerprint density at radius 1 is 1.15 bits per heavy atom. The van der Waals surface area contributed by atoms with Gasteiger partial charge in [0.05, 0.1) is 0 Å². The highest BCUT2D eigenvalue weighted by Crippen LogP contribution is 2.13. The molecule has 1 aromatic rings. The van der Waals surface area contributed by atoms with Crippen LogP contribution in [0.25, 0.3) is 0 Å². The molecule has 1 rings (SSSR count). The molecule has 0 unspecified atom stereocenters. The van der Waals surface area contributed by atoms with Gasteiger partial charge in [-0.05, 0) is 11.6 Å². The van der Waals surface area contributed by atoms with Gasteiger partial charge >= 0.3 is 0 Å². The van der Waals surface area contributed by atoms with Crippen molar-refractivity contribution in [3.8, 4) is 0 Å². The molecule has 1 aromatic carbocycles. The minimum atomic E-state index is -1.17. The van der Waals surface area contributed by atoms with Crippen molar-refractivity contribution < 1.29 is 13.2 Å². The Morgan fingerprint density at radius 2 is 1.77 bits per heavy atom. The van der Waals surface area contributed by atoms with Crippen LogP contribution in [-0.2, 0) is 6.42 Å². The quantitative estimate of drug-likeness (QED) is 0.497. The van der Waals surface area contributed by atoms with E-state index >= 15 is 0 Å². The molecule has 1 nitrogen and oxygen atoms in total. The maximum absolute atomic E-state index is 12.9. The molecule has 0 fully saturated rings. The van der Waals surface area contributed by atoms with Crippen molar-refractivity contribution in [1.29, 1.82) is 0 Å². The molecule has 4 heteroatoms. The first-order chi connectivity index (χ1) is 6.15. The van der Waals surface area contributed by atoms with Gasteiger partial charge < -0.3 is 4.99 Å². The summed E-state index contributed by atoms with van der Waals surface area (Å²) < 4.78 is 37.9. The highest BCUT2D eigenvalue weighted by atomic mass is 19.2. The summed E-state index contributed by atoms with van der Waals surface area (Å²) in [5.74, 6) is -2.96. The zero-order chi connectivity index (χ0) is 9.84. The first kappa shape index (κ1) is 9.77. The third-order valence-electron chi connectivity index (χ3n) is 1.58. The molecule has 0 atom stereocenters. The van der Waals surface area contributed by atoms with Crippen LogP contribution in [0.5, 0.6) is 0 Å². The van der Waals surface area contributed by atoms with Gasteiger partial charge in [0.15, 0.2) is 11.6 Å². The SMILES string of the molecule is C/N=C/Cc1cc(F)c(F)cc1F. The second-order valence-electron chi connectivity index (χ2n) is 2.50. The zero-order valence-electron chi connectivity index (χ0n) is 7.02. The largest absolute Gasteiger partial charge is 0.301 e. The van der Waals surface area contributed by atoms with Crippen molar-refractivity contribution in [2.24, 2.45) is 4.99 Å². The van der Waals surface area contributed by atoms with Gasteiger partial charge in [0.25, 0.3) is 0 Å². The fourth-order valence-corrected chi connectivity index (χ4v) is 0.910. The number of aliphatic imine (C=N–C) groups is 1. The third-order valence-corrected chi connectivity index (χ3v) is 1.58. The Morgan fingerprint density at radius 3 is 2.38 bits per heavy atom. The topological polar surface area (TPSA) is 12.4 Å². The molecule has 0 N–H and O–H groups in total. The predicted molar refractivity (Wildman–Crippen MR) is 44.4 cm³/mol. The van der Waals surface area contributed by atoms with Gasteiger partial charge in [0.1, 0.15) is 5.82 Å². The van der Waals surface area contributed by atoms with Crippen LogP contribution in [0.4, 0.5) is 13.2 Å². The Hall–Kier alpha value is -1.32. The zero-order valence-corrected chi connectivity index (χ0v) is 7.02. The molecular formula is C9H8F3N. The second kappa shape index (κ2) is 4.07. The third kappa shape index (κ3) is 2.31. The average Bonchev–Trinajstić information content (AvgIpc) is 2.09. The van der Waals surface area contributed by atoms with Crippen molar-refractivity contribution in [3.63, 3.8) is 0 Å². The average molecular weight is 187 g/mol. The van der Waals surface area contributed by atoms with Crippen LogP contribution in [0.3, 0.4) is 0 Å². The number of halogens is 3. The van der Waals surface area contributed by atoms with E-state index in [9.17, 15) is 13.2 Å². The van der Waals surface area contributed by atoms with E-state index in [1.807, 2.05) is 0 Å². The van der Waals surface area contributed by atoms with E-state index in [4.69, 9.17) is 0 Å². The molecule has 13 heavy (non-hydrogen) atoms. The lowest BCUT2D eigenvalue weighted by Crippen LogP contribution is -1.96. The molecule has 0 saturated carbocycles. The molecule has 0 saturated heterocycles. The van der Waals surface area contributed by atoms with Crippen LogP contribution in [0.1, 0.15) is 5.56 Å². The monoisotopic (exact) mass is 187 g/mol. The van der Waals surface area contributed by atoms with Gasteiger partial charge in [-0.3, -0.25) is 0 Å². The van der Waals surface area contributed by atoms with Gasteiger partial charge in [0.2, 0.25) is 0 Å². The predicted octanol–water partition coefficient (Wildman–Crippen LogP) is 2.35. The van der Waals surface area contributed by atoms with Gasteiger partial charge in [-0.25, -0.2) is 13.2 Å². The standard InChI is InChI=1S/C9H8F3N/c1-13-3-2-6-4-8(11)9(12)5-7(6)10/h3-5H,2H2,1H3/b13-3+. The number of nitrogens with zero attached hydrogens (tertiary/aromatic N) is 1. The van der Waals surface area contributed by atoms with E-state index in [1.54, 1.807) is 0 Å². The summed E-state index contributed by atoms with van der Waals surface area (Å²) in [6, 6.07) is 1.38. The summed E-state index contributed by atoms with van der Waals surface area (Å²) in [6.07, 6.45) is 1.59. The van der Waals surface area contributed by atoms with Crippen LogP contribution < -0.4 is 0 Å². The number of rotatable bonds is 2. The highest BCUT2D eigenvalue weighted by molar-refractivity contribution is 5.61. The first-order valence-electron chi connectivity index (χ1n) is 3.69. The van der Waals surface area contributed by atoms with Crippen LogP contribution in [0, 0.1) is 17.5 Å². The molecule has 0 spiro atoms. The van der Waals surface area contributed by atoms with E-state index in [-0.39, 0.29) is 12.0 Å². The van der Waals surface area contributed by atoms with Crippen LogP contribution in [0.2, 0.25) is 0 Å². The summed E-state index contributed by atoms with van der Waals surface area (Å²) in [5.41, 5.74) is 0.101. The lowest BCUT2D eigenvalue weighted by atomic mass is 10.1. The normalized spacial score (nSPS) is 11.1. The van der Waals surface area contributed by atoms with Crippen molar-refractivity contribution >= 4 is 6.21 Å². The highest BCUT2D eigenvalue weighted by Gasteiger charge is 2.08. The molecule has 70 valence electrons. The molecule has 0 aliphatic rings. The maximum atomic E-state index is 12.9. The number of hydrogen-bond donors (Lipinski definition) is 0. The van der Waals surface area contributed by atoms with Crippen molar-refractivity contribution in [1.82, 2.24) is 0 Å². The molecule has 0 radical (unpaired) electrons. The van der Waals surface area contributed by atoms with E-state index in [2.05, 4.69) is 4.99 Å². The van der Waals surface area contributed by atoms with E-state index in [0.29, 0.717) is 6.07 Å². The van der Waals surface area contributed by atoms with Crippen molar-refractivity contribution in [2.75, 3.05) is 7.05 Å². The Balaban J connectivity index is 3.01. The molecule has 0 heterocycles. The lowest BCUT2D eigenvalue weighted by molar-refractivity contribution is 0.491. The Labute approximate surface area is 73.9 Å². The van der Waals surface area contributed by atoms with E-state index in [1.165, 1.54) is 13.3 Å². The molecule has 0 bridgehead atoms. The van der Waals surface area contributed by atoms with Gasteiger partial charge in [-0.1, -0.05) is 0 Å². The van der Waals surface area contributed by atoms with Crippen LogP contribution >= 0.6 is 0 Å². The minimum absolute atomic E-state index is 0.101. The first-order valence-corrected chi connectivity index (χ1v) is 3.69. The van der Waals surface area contributed by atoms with Gasteiger partial charge in [-0.2, -0.15) is 0 Å². The lowest BCUT2D eigenvalue weighted by Gasteiger charge is -1.99. The molecular weight excluding hydrogens is 179 g/mol. The van der Waals surface area contributed by atoms with Gasteiger partial charge in [-0.15, -0.1) is 0 Å². The summed E-state index contributed by atoms with van der Waals surface area (Å²) in [6.45, 7) is 0. The van der Waals surface area contributed by atoms with E-state index < -0.39 is 17.5 Å². The fraction of sp³-hybridized carbons (Fsp3) is 0.222. The fourth-order valence-electron chi connectivity index (χ4n) is 0.910. The molecule has 0 aromatic heterocycles. The van der Waals surface area contributed by atoms with Crippen molar-refractivity contribution in [3.05, 3.63) is 35.1 Å². The maximum Gasteiger partial charge on any atom is 0.161 e. The minimum Gasteiger partial charge on any atom is -0.301 e. The molecule has 0 amide bonds. The van der Waals surface area contributed by atoms with Gasteiger partial charge in [0, 0.05) is 25.7 Å². The number of hydrogen-bond acceptors (Lipinski definition) is 1. The van der Waals surface area contributed by atoms with Crippen LogP contribution in [-0.4, -0.2) is 13.3 Å². The summed E-state index contributed by atoms with van der Waals surface area (Å²) in [4.78, 5) is 3.62. The smallest absolute Gasteiger partial charge is 0.161 e. The van der Waals surface area contributed by atoms with Crippen LogP contribution in [0.15, 0.2) is 17.1 Å². The summed E-state index contributed by atoms with van der Waals surface area (Å²) in [7, 11) is 1.53.